The van der Waals surface area contributed by atoms with Crippen LogP contribution < -0.4 is 5.32 Å². The van der Waals surface area contributed by atoms with Crippen LogP contribution in [-0.4, -0.2) is 11.9 Å². The Morgan fingerprint density at radius 3 is 2.44 bits per heavy atom. The number of rotatable bonds is 2. The maximum atomic E-state index is 13.6. The van der Waals surface area contributed by atoms with Crippen LogP contribution in [0.5, 0.6) is 0 Å². The van der Waals surface area contributed by atoms with Crippen LogP contribution >= 0.6 is 15.9 Å². The second-order valence-corrected chi connectivity index (χ2v) is 5.75. The van der Waals surface area contributed by atoms with E-state index >= 15 is 0 Å². The van der Waals surface area contributed by atoms with Crippen LogP contribution in [0.4, 0.5) is 8.78 Å². The maximum Gasteiger partial charge on any atom is 0.257 e. The van der Waals surface area contributed by atoms with Gasteiger partial charge in [-0.2, -0.15) is 0 Å². The number of halogens is 3. The summed E-state index contributed by atoms with van der Waals surface area (Å²) < 4.78 is 27.4. The molecule has 1 N–H and O–H groups in total. The molecule has 2 atom stereocenters. The fourth-order valence-corrected chi connectivity index (χ4v) is 2.76. The highest BCUT2D eigenvalue weighted by molar-refractivity contribution is 9.10. The lowest BCUT2D eigenvalue weighted by Gasteiger charge is -2.13. The molecule has 1 aliphatic carbocycles. The molecule has 2 rings (SSSR count). The molecule has 0 radical (unpaired) electrons. The van der Waals surface area contributed by atoms with Gasteiger partial charge in [0, 0.05) is 10.5 Å². The van der Waals surface area contributed by atoms with Gasteiger partial charge in [-0.3, -0.25) is 4.79 Å². The molecule has 0 bridgehead atoms. The minimum absolute atomic E-state index is 0.0231. The standard InChI is InChI=1S/C13H14BrF2NO/c1-7-2-3-9(4-7)17-13(18)12-10(15)5-8(14)6-11(12)16/h5-7,9H,2-4H2,1H3,(H,17,18). The van der Waals surface area contributed by atoms with Gasteiger partial charge in [0.05, 0.1) is 0 Å². The Morgan fingerprint density at radius 1 is 1.33 bits per heavy atom. The van der Waals surface area contributed by atoms with E-state index in [2.05, 4.69) is 28.2 Å². The summed E-state index contributed by atoms with van der Waals surface area (Å²) in [4.78, 5) is 11.9. The fourth-order valence-electron chi connectivity index (χ4n) is 2.35. The number of amides is 1. The predicted molar refractivity (Wildman–Crippen MR) is 68.3 cm³/mol. The lowest BCUT2D eigenvalue weighted by molar-refractivity contribution is 0.0928. The van der Waals surface area contributed by atoms with E-state index in [1.54, 1.807) is 0 Å². The second-order valence-electron chi connectivity index (χ2n) is 4.83. The van der Waals surface area contributed by atoms with Gasteiger partial charge in [-0.25, -0.2) is 8.78 Å². The SMILES string of the molecule is CC1CCC(NC(=O)c2c(F)cc(Br)cc2F)C1. The van der Waals surface area contributed by atoms with E-state index in [9.17, 15) is 13.6 Å². The molecule has 98 valence electrons. The molecule has 0 heterocycles. The van der Waals surface area contributed by atoms with Crippen molar-refractivity contribution >= 4 is 21.8 Å². The topological polar surface area (TPSA) is 29.1 Å². The highest BCUT2D eigenvalue weighted by Gasteiger charge is 2.25. The monoisotopic (exact) mass is 317 g/mol. The quantitative estimate of drug-likeness (QED) is 0.886. The summed E-state index contributed by atoms with van der Waals surface area (Å²) in [5.74, 6) is -1.80. The summed E-state index contributed by atoms with van der Waals surface area (Å²) in [6, 6.07) is 2.21. The van der Waals surface area contributed by atoms with Crippen LogP contribution in [-0.2, 0) is 0 Å². The zero-order valence-electron chi connectivity index (χ0n) is 9.97. The molecule has 0 saturated heterocycles. The van der Waals surface area contributed by atoms with E-state index in [0.29, 0.717) is 5.92 Å². The van der Waals surface area contributed by atoms with Crippen molar-refractivity contribution in [3.05, 3.63) is 33.8 Å². The molecule has 2 unspecified atom stereocenters. The highest BCUT2D eigenvalue weighted by atomic mass is 79.9. The molecule has 1 aromatic carbocycles. The minimum atomic E-state index is -0.842. The first-order valence-corrected chi connectivity index (χ1v) is 6.72. The van der Waals surface area contributed by atoms with E-state index < -0.39 is 23.1 Å². The van der Waals surface area contributed by atoms with Gasteiger partial charge in [0.2, 0.25) is 0 Å². The number of carbonyl (C=O) groups is 1. The average Bonchev–Trinajstić information content (AvgIpc) is 2.62. The Kier molecular flexibility index (Phi) is 4.00. The summed E-state index contributed by atoms with van der Waals surface area (Å²) in [5.41, 5.74) is -0.502. The van der Waals surface area contributed by atoms with Crippen molar-refractivity contribution in [3.8, 4) is 0 Å². The van der Waals surface area contributed by atoms with Crippen LogP contribution in [0.15, 0.2) is 16.6 Å². The number of benzene rings is 1. The van der Waals surface area contributed by atoms with E-state index in [1.807, 2.05) is 0 Å². The van der Waals surface area contributed by atoms with Gasteiger partial charge in [0.15, 0.2) is 0 Å². The molecule has 0 aromatic heterocycles. The fraction of sp³-hybridized carbons (Fsp3) is 0.462. The average molecular weight is 318 g/mol. The van der Waals surface area contributed by atoms with Crippen molar-refractivity contribution in [3.63, 3.8) is 0 Å². The van der Waals surface area contributed by atoms with E-state index in [1.165, 1.54) is 0 Å². The van der Waals surface area contributed by atoms with Crippen molar-refractivity contribution in [1.82, 2.24) is 5.32 Å². The zero-order chi connectivity index (χ0) is 13.3. The third-order valence-electron chi connectivity index (χ3n) is 3.26. The molecule has 18 heavy (non-hydrogen) atoms. The third kappa shape index (κ3) is 2.88. The Hall–Kier alpha value is -0.970. The van der Waals surface area contributed by atoms with Gasteiger partial charge in [-0.15, -0.1) is 0 Å². The molecule has 1 aromatic rings. The normalized spacial score (nSPS) is 23.1. The highest BCUT2D eigenvalue weighted by Crippen LogP contribution is 2.25. The van der Waals surface area contributed by atoms with Crippen molar-refractivity contribution in [2.75, 3.05) is 0 Å². The van der Waals surface area contributed by atoms with E-state index in [-0.39, 0.29) is 10.5 Å². The molecule has 2 nitrogen and oxygen atoms in total. The third-order valence-corrected chi connectivity index (χ3v) is 3.72. The van der Waals surface area contributed by atoms with E-state index in [4.69, 9.17) is 0 Å². The summed E-state index contributed by atoms with van der Waals surface area (Å²) >= 11 is 2.98. The number of hydrogen-bond acceptors (Lipinski definition) is 1. The van der Waals surface area contributed by atoms with Crippen LogP contribution in [0.2, 0.25) is 0 Å². The Morgan fingerprint density at radius 2 is 1.94 bits per heavy atom. The lowest BCUT2D eigenvalue weighted by Crippen LogP contribution is -2.34. The predicted octanol–water partition coefficient (Wildman–Crippen LogP) is 3.65. The first-order chi connectivity index (χ1) is 8.47. The number of nitrogens with one attached hydrogen (secondary N) is 1. The van der Waals surface area contributed by atoms with Gasteiger partial charge in [-0.1, -0.05) is 22.9 Å². The van der Waals surface area contributed by atoms with Crippen LogP contribution in [0, 0.1) is 17.6 Å². The van der Waals surface area contributed by atoms with Gasteiger partial charge < -0.3 is 5.32 Å². The van der Waals surface area contributed by atoms with Crippen molar-refractivity contribution in [1.29, 1.82) is 0 Å². The van der Waals surface area contributed by atoms with Crippen molar-refractivity contribution < 1.29 is 13.6 Å². The van der Waals surface area contributed by atoms with E-state index in [0.717, 1.165) is 31.4 Å². The van der Waals surface area contributed by atoms with Crippen LogP contribution in [0.3, 0.4) is 0 Å². The zero-order valence-corrected chi connectivity index (χ0v) is 11.6. The largest absolute Gasteiger partial charge is 0.349 e. The molecule has 0 aliphatic heterocycles. The summed E-state index contributed by atoms with van der Waals surface area (Å²) in [7, 11) is 0. The number of carbonyl (C=O) groups excluding carboxylic acids is 1. The van der Waals surface area contributed by atoms with Gasteiger partial charge in [0.1, 0.15) is 17.2 Å². The summed E-state index contributed by atoms with van der Waals surface area (Å²) in [6.45, 7) is 2.10. The number of hydrogen-bond donors (Lipinski definition) is 1. The van der Waals surface area contributed by atoms with Crippen molar-refractivity contribution in [2.45, 2.75) is 32.2 Å². The smallest absolute Gasteiger partial charge is 0.257 e. The molecule has 1 amide bonds. The first kappa shape index (κ1) is 13.5. The molecular formula is C13H14BrF2NO. The molecular weight excluding hydrogens is 304 g/mol. The van der Waals surface area contributed by atoms with Gasteiger partial charge >= 0.3 is 0 Å². The molecule has 1 saturated carbocycles. The van der Waals surface area contributed by atoms with Gasteiger partial charge in [0.25, 0.3) is 5.91 Å². The Balaban J connectivity index is 2.14. The Bertz CT molecular complexity index is 455. The maximum absolute atomic E-state index is 13.6. The minimum Gasteiger partial charge on any atom is -0.349 e. The van der Waals surface area contributed by atoms with Crippen molar-refractivity contribution in [2.24, 2.45) is 5.92 Å². The molecule has 1 aliphatic rings. The lowest BCUT2D eigenvalue weighted by atomic mass is 10.1. The summed E-state index contributed by atoms with van der Waals surface area (Å²) in [5, 5.41) is 2.69. The van der Waals surface area contributed by atoms with Crippen LogP contribution in [0.1, 0.15) is 36.5 Å². The Labute approximate surface area is 113 Å². The second kappa shape index (κ2) is 5.34. The molecule has 5 heteroatoms. The molecule has 0 spiro atoms. The molecule has 1 fully saturated rings. The van der Waals surface area contributed by atoms with Crippen LogP contribution in [0.25, 0.3) is 0 Å². The first-order valence-electron chi connectivity index (χ1n) is 5.92. The van der Waals surface area contributed by atoms with Gasteiger partial charge in [-0.05, 0) is 37.3 Å². The summed E-state index contributed by atoms with van der Waals surface area (Å²) in [6.07, 6.45) is 2.77.